The van der Waals surface area contributed by atoms with Gasteiger partial charge in [-0.1, -0.05) is 61.0 Å². The number of esters is 3. The summed E-state index contributed by atoms with van der Waals surface area (Å²) in [6.45, 7) is 27.8. The zero-order valence-electron chi connectivity index (χ0n) is 46.4. The quantitative estimate of drug-likeness (QED) is 0.106. The minimum Gasteiger partial charge on any atom is -0.466 e. The minimum absolute atomic E-state index is 0.0161. The van der Waals surface area contributed by atoms with E-state index >= 15 is 8.78 Å². The van der Waals surface area contributed by atoms with E-state index in [1.54, 1.807) is 20.8 Å². The number of methoxy groups -OCH3 is 1. The van der Waals surface area contributed by atoms with E-state index in [1.165, 1.54) is 60.3 Å². The molecule has 0 bridgehead atoms. The van der Waals surface area contributed by atoms with Gasteiger partial charge in [0.2, 0.25) is 5.60 Å². The number of hydrogen-bond donors (Lipinski definition) is 6. The number of nitrogens with zero attached hydrogens (tertiary/aromatic N) is 2. The molecule has 0 radical (unpaired) electrons. The predicted octanol–water partition coefficient (Wildman–Crippen LogP) is 6.21. The molecule has 1 aliphatic heterocycles. The highest BCUT2D eigenvalue weighted by Crippen LogP contribution is 2.71. The van der Waals surface area contributed by atoms with Crippen molar-refractivity contribution in [3.05, 3.63) is 23.8 Å². The van der Waals surface area contributed by atoms with Gasteiger partial charge in [0.15, 0.2) is 11.5 Å². The zero-order valence-corrected chi connectivity index (χ0v) is 46.4. The molecule has 3 unspecified atom stereocenters. The Morgan fingerprint density at radius 2 is 1.51 bits per heavy atom. The van der Waals surface area contributed by atoms with Crippen molar-refractivity contribution in [3.8, 4) is 0 Å². The summed E-state index contributed by atoms with van der Waals surface area (Å²) in [5, 5.41) is 68.3. The van der Waals surface area contributed by atoms with Crippen molar-refractivity contribution in [1.82, 2.24) is 9.80 Å². The second-order valence-electron chi connectivity index (χ2n) is 22.9. The van der Waals surface area contributed by atoms with Crippen LogP contribution in [0.1, 0.15) is 155 Å². The highest BCUT2D eigenvalue weighted by Gasteiger charge is 2.78. The molecule has 6 N–H and O–H groups in total. The summed E-state index contributed by atoms with van der Waals surface area (Å²) in [5.74, 6) is -6.68. The molecule has 0 amide bonds. The van der Waals surface area contributed by atoms with Crippen molar-refractivity contribution in [3.63, 3.8) is 0 Å². The van der Waals surface area contributed by atoms with Crippen LogP contribution < -0.4 is 0 Å². The zero-order chi connectivity index (χ0) is 55.3. The molecule has 72 heavy (non-hydrogen) atoms. The number of allylic oxidation sites excluding steroid dienone is 4. The molecule has 18 atom stereocenters. The molecule has 15 nitrogen and oxygen atoms in total. The fourth-order valence-corrected chi connectivity index (χ4v) is 12.9. The largest absolute Gasteiger partial charge is 0.466 e. The van der Waals surface area contributed by atoms with Crippen LogP contribution in [0.2, 0.25) is 0 Å². The minimum atomic E-state index is -2.39. The highest BCUT2D eigenvalue weighted by molar-refractivity contribution is 6.01. The molecule has 0 aromatic rings. The van der Waals surface area contributed by atoms with Gasteiger partial charge in [-0.3, -0.25) is 19.3 Å². The second kappa shape index (κ2) is 24.8. The van der Waals surface area contributed by atoms with Gasteiger partial charge in [-0.2, -0.15) is 0 Å². The summed E-state index contributed by atoms with van der Waals surface area (Å²) in [6, 6.07) is -0.771. The Balaban J connectivity index is 0.00000264. The van der Waals surface area contributed by atoms with Crippen LogP contribution in [-0.4, -0.2) is 169 Å². The summed E-state index contributed by atoms with van der Waals surface area (Å²) in [5.41, 5.74) is -10.9. The van der Waals surface area contributed by atoms with Crippen molar-refractivity contribution in [2.24, 2.45) is 40.4 Å². The van der Waals surface area contributed by atoms with Crippen LogP contribution in [0.3, 0.4) is 0 Å². The molecular formula is C55H94F2N2O13. The number of alkyl halides is 2. The van der Waals surface area contributed by atoms with Gasteiger partial charge >= 0.3 is 17.9 Å². The van der Waals surface area contributed by atoms with Crippen LogP contribution >= 0.6 is 0 Å². The maximum atomic E-state index is 17.9. The lowest BCUT2D eigenvalue weighted by atomic mass is 9.44. The molecule has 5 rings (SSSR count). The lowest BCUT2D eigenvalue weighted by Gasteiger charge is -2.63. The number of carbonyl (C=O) groups is 4. The van der Waals surface area contributed by atoms with Crippen molar-refractivity contribution in [2.45, 2.75) is 226 Å². The number of aliphatic hydroxyl groups excluding tert-OH is 4. The third-order valence-electron chi connectivity index (χ3n) is 17.3. The van der Waals surface area contributed by atoms with Crippen molar-refractivity contribution >= 4 is 23.7 Å². The number of ether oxygens (including phenoxy) is 3. The Labute approximate surface area is 429 Å². The lowest BCUT2D eigenvalue weighted by Crippen LogP contribution is -2.71. The van der Waals surface area contributed by atoms with Crippen molar-refractivity contribution in [2.75, 3.05) is 33.3 Å². The number of halogens is 2. The third-order valence-corrected chi connectivity index (χ3v) is 17.3. The predicted molar refractivity (Wildman–Crippen MR) is 271 cm³/mol. The first-order valence-corrected chi connectivity index (χ1v) is 26.7. The average Bonchev–Trinajstić information content (AvgIpc) is 3.52. The summed E-state index contributed by atoms with van der Waals surface area (Å²) in [7, 11) is 1.18. The molecule has 0 spiro atoms. The van der Waals surface area contributed by atoms with Crippen LogP contribution in [0.25, 0.3) is 0 Å². The molecule has 0 aromatic heterocycles. The summed E-state index contributed by atoms with van der Waals surface area (Å²) < 4.78 is 51.2. The third kappa shape index (κ3) is 12.2. The highest BCUT2D eigenvalue weighted by atomic mass is 19.1. The SMILES string of the molecule is CC.CCC.COC(=O)[C@@]1(OC(=O)CCN(CCCN2C[C@H](C)C[C@@](C)(O)[C@H](O)C[C@H](O)[C@@H](C)C(=O)O[C@H](C)[C@@](C)(O)[C@H](O)[C@H]2C)C(C)C)[C@H](C)CC2C3C[C@H](F)C4=CC(=O)C=C[C@]4(C)[C@@]3(F)[C@@H](O)CC21C. The molecule has 3 saturated carbocycles. The van der Waals surface area contributed by atoms with Crippen molar-refractivity contribution in [1.29, 1.82) is 0 Å². The molecule has 17 heteroatoms. The second-order valence-corrected chi connectivity index (χ2v) is 22.9. The summed E-state index contributed by atoms with van der Waals surface area (Å²) in [4.78, 5) is 57.6. The number of ketones is 1. The van der Waals surface area contributed by atoms with Crippen LogP contribution in [0.4, 0.5) is 8.78 Å². The first kappa shape index (κ1) is 63.4. The molecule has 1 heterocycles. The Hall–Kier alpha value is -2.90. The molecular weight excluding hydrogens is 935 g/mol. The molecule has 4 aliphatic carbocycles. The van der Waals surface area contributed by atoms with Crippen LogP contribution in [0.5, 0.6) is 0 Å². The van der Waals surface area contributed by atoms with Gasteiger partial charge in [-0.25, -0.2) is 13.6 Å². The molecule has 416 valence electrons. The van der Waals surface area contributed by atoms with Crippen LogP contribution in [-0.2, 0) is 33.4 Å². The maximum absolute atomic E-state index is 17.9. The van der Waals surface area contributed by atoms with Crippen molar-refractivity contribution < 1.29 is 72.8 Å². The van der Waals surface area contributed by atoms with E-state index in [0.717, 1.165) is 6.08 Å². The van der Waals surface area contributed by atoms with Gasteiger partial charge in [0, 0.05) is 54.3 Å². The summed E-state index contributed by atoms with van der Waals surface area (Å²) >= 11 is 0. The van der Waals surface area contributed by atoms with Gasteiger partial charge in [0.25, 0.3) is 0 Å². The first-order chi connectivity index (χ1) is 33.3. The van der Waals surface area contributed by atoms with Crippen LogP contribution in [0.15, 0.2) is 23.8 Å². The smallest absolute Gasteiger partial charge is 0.351 e. The molecule has 1 saturated heterocycles. The number of fused-ring (bicyclic) bond motifs is 5. The normalized spacial score (nSPS) is 42.7. The molecule has 5 aliphatic rings. The monoisotopic (exact) mass is 1030 g/mol. The number of hydrogen-bond acceptors (Lipinski definition) is 15. The lowest BCUT2D eigenvalue weighted by molar-refractivity contribution is -0.238. The Morgan fingerprint density at radius 1 is 0.917 bits per heavy atom. The number of rotatable bonds is 10. The number of carbonyl (C=O) groups excluding carboxylic acids is 4. The Bertz CT molecular complexity index is 1910. The van der Waals surface area contributed by atoms with E-state index < -0.39 is 123 Å². The van der Waals surface area contributed by atoms with Gasteiger partial charge < -0.3 is 49.7 Å². The Kier molecular flexibility index (Phi) is 21.9. The first-order valence-electron chi connectivity index (χ1n) is 26.7. The standard InChI is InChI=1S/C50H80F2N2O13.C3H8.C2H6/c1-27(2)53(17-13-18-54-26-28(3)24-47(10,63)39(57)23-38(56)30(5)43(61)66-32(7)48(11,64)42(60)31(54)6)19-15-41(59)67-50(44(62)65-12)29(4)20-34-35-22-37(51)36-21-33(55)14-16-45(36,8)49(35,52)40(58)25-46(34,50)9;1-3-2;1-2/h14,16,21,27-32,34-35,37-40,42,56-58,60,63-64H,13,15,17-20,22-26H2,1-12H3;3H2,1-2H3;1-2H3/t28-,29-,30-,31-,32-,34?,35?,37+,38+,39-,40+,42-,45+,46?,47-,48-,49+,50+;;/m1../s1. The van der Waals surface area contributed by atoms with Gasteiger partial charge in [-0.05, 0) is 130 Å². The van der Waals surface area contributed by atoms with Gasteiger partial charge in [0.05, 0.1) is 43.4 Å². The number of cyclic esters (lactones) is 1. The van der Waals surface area contributed by atoms with E-state index in [9.17, 15) is 49.8 Å². The van der Waals surface area contributed by atoms with Gasteiger partial charge in [0.1, 0.15) is 24.0 Å². The summed E-state index contributed by atoms with van der Waals surface area (Å²) in [6.07, 6.45) is -4.06. The van der Waals surface area contributed by atoms with E-state index in [4.69, 9.17) is 14.2 Å². The Morgan fingerprint density at radius 3 is 2.08 bits per heavy atom. The molecule has 4 fully saturated rings. The number of aliphatic hydroxyl groups is 6. The van der Waals surface area contributed by atoms with E-state index in [0.29, 0.717) is 26.1 Å². The fraction of sp³-hybridized carbons (Fsp3) is 0.855. The molecule has 0 aromatic carbocycles. The average molecular weight is 1030 g/mol. The van der Waals surface area contributed by atoms with Gasteiger partial charge in [-0.15, -0.1) is 0 Å². The van der Waals surface area contributed by atoms with E-state index in [-0.39, 0.29) is 62.6 Å². The van der Waals surface area contributed by atoms with Crippen LogP contribution in [0, 0.1) is 40.4 Å². The fourth-order valence-electron chi connectivity index (χ4n) is 12.9. The maximum Gasteiger partial charge on any atom is 0.351 e. The van der Waals surface area contributed by atoms with E-state index in [2.05, 4.69) is 18.7 Å². The topological polar surface area (TPSA) is 224 Å². The van der Waals surface area contributed by atoms with E-state index in [1.807, 2.05) is 39.5 Å².